The predicted octanol–water partition coefficient (Wildman–Crippen LogP) is 3.00. The van der Waals surface area contributed by atoms with E-state index >= 15 is 0 Å². The highest BCUT2D eigenvalue weighted by Crippen LogP contribution is 2.36. The van der Waals surface area contributed by atoms with Gasteiger partial charge >= 0.3 is 0 Å². The van der Waals surface area contributed by atoms with Gasteiger partial charge in [-0.3, -0.25) is 0 Å². The van der Waals surface area contributed by atoms with E-state index in [4.69, 9.17) is 9.47 Å². The van der Waals surface area contributed by atoms with Crippen LogP contribution in [0.1, 0.15) is 23.3 Å². The molecule has 0 saturated heterocycles. The fourth-order valence-electron chi connectivity index (χ4n) is 1.52. The minimum absolute atomic E-state index is 0.162. The zero-order valence-corrected chi connectivity index (χ0v) is 9.89. The largest absolute Gasteiger partial charge is 0.496 e. The van der Waals surface area contributed by atoms with E-state index in [0.717, 1.165) is 22.6 Å². The molecule has 1 atom stereocenters. The molecule has 1 aromatic carbocycles. The molecule has 0 heterocycles. The van der Waals surface area contributed by atoms with E-state index in [0.29, 0.717) is 0 Å². The monoisotopic (exact) mass is 212 g/mol. The van der Waals surface area contributed by atoms with E-state index in [1.54, 1.807) is 14.2 Å². The number of hydrogen-bond acceptors (Lipinski definition) is 3. The average Bonchev–Trinajstić information content (AvgIpc) is 2.17. The number of rotatable bonds is 3. The van der Waals surface area contributed by atoms with Crippen molar-refractivity contribution in [1.29, 1.82) is 0 Å². The van der Waals surface area contributed by atoms with Crippen LogP contribution in [-0.2, 0) is 0 Å². The molecule has 1 unspecified atom stereocenters. The maximum Gasteiger partial charge on any atom is 0.129 e. The minimum Gasteiger partial charge on any atom is -0.496 e. The first-order chi connectivity index (χ1) is 6.61. The van der Waals surface area contributed by atoms with Crippen molar-refractivity contribution < 1.29 is 9.47 Å². The van der Waals surface area contributed by atoms with Crippen LogP contribution in [0.3, 0.4) is 0 Å². The second-order valence-corrected chi connectivity index (χ2v) is 3.97. The van der Waals surface area contributed by atoms with E-state index in [1.165, 1.54) is 0 Å². The van der Waals surface area contributed by atoms with Gasteiger partial charge in [-0.2, -0.15) is 12.6 Å². The van der Waals surface area contributed by atoms with Gasteiger partial charge in [0, 0.05) is 16.4 Å². The van der Waals surface area contributed by atoms with Gasteiger partial charge in [0.15, 0.2) is 0 Å². The Bertz CT molecular complexity index is 321. The molecule has 0 saturated carbocycles. The van der Waals surface area contributed by atoms with Crippen LogP contribution in [0.2, 0.25) is 0 Å². The first-order valence-corrected chi connectivity index (χ1v) is 5.03. The minimum atomic E-state index is 0.162. The summed E-state index contributed by atoms with van der Waals surface area (Å²) in [7, 11) is 3.33. The zero-order chi connectivity index (χ0) is 10.7. The van der Waals surface area contributed by atoms with Gasteiger partial charge in [-0.25, -0.2) is 0 Å². The highest BCUT2D eigenvalue weighted by molar-refractivity contribution is 7.80. The van der Waals surface area contributed by atoms with Crippen molar-refractivity contribution in [3.05, 3.63) is 23.3 Å². The predicted molar refractivity (Wildman–Crippen MR) is 61.7 cm³/mol. The summed E-state index contributed by atoms with van der Waals surface area (Å²) < 4.78 is 10.6. The average molecular weight is 212 g/mol. The molecule has 0 N–H and O–H groups in total. The standard InChI is InChI=1S/C11H16O2S/c1-7-10(12-3)6-5-9(8(2)14)11(7)13-4/h5-6,8,14H,1-4H3. The van der Waals surface area contributed by atoms with Crippen LogP contribution in [-0.4, -0.2) is 14.2 Å². The summed E-state index contributed by atoms with van der Waals surface area (Å²) in [4.78, 5) is 0. The topological polar surface area (TPSA) is 18.5 Å². The highest BCUT2D eigenvalue weighted by Gasteiger charge is 2.13. The summed E-state index contributed by atoms with van der Waals surface area (Å²) in [6, 6.07) is 3.93. The summed E-state index contributed by atoms with van der Waals surface area (Å²) in [5.41, 5.74) is 2.11. The lowest BCUT2D eigenvalue weighted by Gasteiger charge is -2.15. The van der Waals surface area contributed by atoms with Crippen molar-refractivity contribution >= 4 is 12.6 Å². The normalized spacial score (nSPS) is 12.4. The van der Waals surface area contributed by atoms with Gasteiger partial charge in [-0.1, -0.05) is 6.07 Å². The van der Waals surface area contributed by atoms with Crippen molar-refractivity contribution in [3.63, 3.8) is 0 Å². The Morgan fingerprint density at radius 3 is 2.29 bits per heavy atom. The first kappa shape index (κ1) is 11.2. The molecule has 2 nitrogen and oxygen atoms in total. The molecule has 1 rings (SSSR count). The lowest BCUT2D eigenvalue weighted by molar-refractivity contribution is 0.385. The number of thiol groups is 1. The molecule has 0 radical (unpaired) electrons. The lowest BCUT2D eigenvalue weighted by atomic mass is 10.1. The van der Waals surface area contributed by atoms with Gasteiger partial charge in [0.2, 0.25) is 0 Å². The molecule has 0 aromatic heterocycles. The summed E-state index contributed by atoms with van der Waals surface area (Å²) in [5.74, 6) is 1.71. The molecule has 78 valence electrons. The fourth-order valence-corrected chi connectivity index (χ4v) is 1.72. The third kappa shape index (κ3) is 1.98. The van der Waals surface area contributed by atoms with Crippen molar-refractivity contribution in [3.8, 4) is 11.5 Å². The Balaban J connectivity index is 3.28. The zero-order valence-electron chi connectivity index (χ0n) is 9.00. The summed E-state index contributed by atoms with van der Waals surface area (Å²) in [6.45, 7) is 4.00. The molecule has 0 amide bonds. The second kappa shape index (κ2) is 4.60. The molecular formula is C11H16O2S. The molecule has 0 aliphatic rings. The number of hydrogen-bond donors (Lipinski definition) is 1. The van der Waals surface area contributed by atoms with Crippen LogP contribution in [0, 0.1) is 6.92 Å². The van der Waals surface area contributed by atoms with E-state index in [1.807, 2.05) is 26.0 Å². The summed E-state index contributed by atoms with van der Waals surface area (Å²) in [6.07, 6.45) is 0. The van der Waals surface area contributed by atoms with Gasteiger partial charge in [0.25, 0.3) is 0 Å². The van der Waals surface area contributed by atoms with Crippen LogP contribution >= 0.6 is 12.6 Å². The Kier molecular flexibility index (Phi) is 3.69. The molecular weight excluding hydrogens is 196 g/mol. The van der Waals surface area contributed by atoms with Gasteiger partial charge in [-0.05, 0) is 19.9 Å². The second-order valence-electron chi connectivity index (χ2n) is 3.19. The van der Waals surface area contributed by atoms with Gasteiger partial charge < -0.3 is 9.47 Å². The summed E-state index contributed by atoms with van der Waals surface area (Å²) >= 11 is 4.40. The maximum atomic E-state index is 5.35. The Morgan fingerprint density at radius 1 is 1.21 bits per heavy atom. The number of methoxy groups -OCH3 is 2. The summed E-state index contributed by atoms with van der Waals surface area (Å²) in [5, 5.41) is 0.162. The van der Waals surface area contributed by atoms with E-state index in [2.05, 4.69) is 12.6 Å². The van der Waals surface area contributed by atoms with Crippen LogP contribution < -0.4 is 9.47 Å². The van der Waals surface area contributed by atoms with Gasteiger partial charge in [0.1, 0.15) is 11.5 Å². The van der Waals surface area contributed by atoms with Gasteiger partial charge in [-0.15, -0.1) is 0 Å². The maximum absolute atomic E-state index is 5.35. The molecule has 1 aromatic rings. The van der Waals surface area contributed by atoms with E-state index < -0.39 is 0 Å². The Morgan fingerprint density at radius 2 is 1.86 bits per heavy atom. The van der Waals surface area contributed by atoms with Crippen LogP contribution in [0.25, 0.3) is 0 Å². The third-order valence-electron chi connectivity index (χ3n) is 2.26. The van der Waals surface area contributed by atoms with Crippen molar-refractivity contribution in [2.75, 3.05) is 14.2 Å². The van der Waals surface area contributed by atoms with Crippen molar-refractivity contribution in [2.45, 2.75) is 19.1 Å². The third-order valence-corrected chi connectivity index (χ3v) is 2.54. The van der Waals surface area contributed by atoms with Crippen LogP contribution in [0.4, 0.5) is 0 Å². The molecule has 0 aliphatic heterocycles. The molecule has 0 bridgehead atoms. The molecule has 0 fully saturated rings. The number of ether oxygens (including phenoxy) is 2. The Hall–Kier alpha value is -0.830. The molecule has 3 heteroatoms. The number of benzene rings is 1. The molecule has 0 spiro atoms. The van der Waals surface area contributed by atoms with Crippen molar-refractivity contribution in [1.82, 2.24) is 0 Å². The Labute approximate surface area is 90.6 Å². The van der Waals surface area contributed by atoms with Crippen LogP contribution in [0.5, 0.6) is 11.5 Å². The fraction of sp³-hybridized carbons (Fsp3) is 0.455. The highest BCUT2D eigenvalue weighted by atomic mass is 32.1. The smallest absolute Gasteiger partial charge is 0.129 e. The quantitative estimate of drug-likeness (QED) is 0.776. The lowest BCUT2D eigenvalue weighted by Crippen LogP contribution is -1.97. The van der Waals surface area contributed by atoms with Crippen molar-refractivity contribution in [2.24, 2.45) is 0 Å². The van der Waals surface area contributed by atoms with E-state index in [-0.39, 0.29) is 5.25 Å². The van der Waals surface area contributed by atoms with Crippen LogP contribution in [0.15, 0.2) is 12.1 Å². The van der Waals surface area contributed by atoms with E-state index in [9.17, 15) is 0 Å². The molecule has 0 aliphatic carbocycles. The van der Waals surface area contributed by atoms with Gasteiger partial charge in [0.05, 0.1) is 14.2 Å². The SMILES string of the molecule is COc1ccc(C(C)S)c(OC)c1C. The first-order valence-electron chi connectivity index (χ1n) is 4.51. The molecule has 14 heavy (non-hydrogen) atoms.